The maximum Gasteiger partial charge on any atom is 0.161 e. The minimum atomic E-state index is 0.235. The molecule has 0 bridgehead atoms. The highest BCUT2D eigenvalue weighted by Gasteiger charge is 2.20. The van der Waals surface area contributed by atoms with Gasteiger partial charge in [0.25, 0.3) is 0 Å². The summed E-state index contributed by atoms with van der Waals surface area (Å²) in [5.41, 5.74) is 4.16. The van der Waals surface area contributed by atoms with E-state index < -0.39 is 0 Å². The Morgan fingerprint density at radius 2 is 1.89 bits per heavy atom. The summed E-state index contributed by atoms with van der Waals surface area (Å²) < 4.78 is 11.4. The molecule has 0 unspecified atom stereocenters. The lowest BCUT2D eigenvalue weighted by Gasteiger charge is -2.26. The second-order valence-corrected chi connectivity index (χ2v) is 6.90. The number of piperidine rings is 1. The minimum Gasteiger partial charge on any atom is -0.493 e. The Kier molecular flexibility index (Phi) is 6.30. The second-order valence-electron chi connectivity index (χ2n) is 6.90. The fourth-order valence-corrected chi connectivity index (χ4v) is 3.16. The highest BCUT2D eigenvalue weighted by atomic mass is 16.5. The molecule has 27 heavy (non-hydrogen) atoms. The number of rotatable bonds is 6. The first-order valence-corrected chi connectivity index (χ1v) is 9.41. The third kappa shape index (κ3) is 4.98. The van der Waals surface area contributed by atoms with E-state index in [4.69, 9.17) is 9.47 Å². The number of nitrogens with zero attached hydrogens (tertiary/aromatic N) is 1. The second kappa shape index (κ2) is 8.87. The van der Waals surface area contributed by atoms with E-state index in [0.717, 1.165) is 29.8 Å². The number of ether oxygens (including phenoxy) is 2. The summed E-state index contributed by atoms with van der Waals surface area (Å²) in [5, 5.41) is 0. The van der Waals surface area contributed by atoms with Crippen molar-refractivity contribution in [1.82, 2.24) is 4.90 Å². The van der Waals surface area contributed by atoms with Crippen molar-refractivity contribution in [2.24, 2.45) is 0 Å². The Balaban J connectivity index is 1.74. The summed E-state index contributed by atoms with van der Waals surface area (Å²) in [6.45, 7) is 7.19. The van der Waals surface area contributed by atoms with Crippen molar-refractivity contribution in [3.05, 3.63) is 64.7 Å². The van der Waals surface area contributed by atoms with Gasteiger partial charge in [0.15, 0.2) is 17.3 Å². The molecule has 2 aromatic carbocycles. The average molecular weight is 365 g/mol. The molecule has 0 saturated carbocycles. The molecule has 0 amide bonds. The van der Waals surface area contributed by atoms with Crippen molar-refractivity contribution >= 4 is 11.9 Å². The number of Topliss-reactive ketones (excluding diaryl/α,β-unsaturated/α-hetero) is 1. The van der Waals surface area contributed by atoms with Gasteiger partial charge in [0.05, 0.1) is 7.11 Å². The predicted octanol–water partition coefficient (Wildman–Crippen LogP) is 4.26. The number of hydrogen-bond donors (Lipinski definition) is 0. The topological polar surface area (TPSA) is 38.8 Å². The number of carbonyl (C=O) groups excluding carboxylic acids is 1. The van der Waals surface area contributed by atoms with Crippen LogP contribution in [0.1, 0.15) is 30.0 Å². The van der Waals surface area contributed by atoms with Crippen LogP contribution in [0.4, 0.5) is 0 Å². The summed E-state index contributed by atoms with van der Waals surface area (Å²) in [4.78, 5) is 14.5. The van der Waals surface area contributed by atoms with Gasteiger partial charge in [0.1, 0.15) is 6.61 Å². The molecule has 1 fully saturated rings. The van der Waals surface area contributed by atoms with Crippen LogP contribution in [0.2, 0.25) is 0 Å². The van der Waals surface area contributed by atoms with Crippen molar-refractivity contribution in [1.29, 1.82) is 0 Å². The normalized spacial score (nSPS) is 16.6. The Labute approximate surface area is 161 Å². The Bertz CT molecular complexity index is 824. The monoisotopic (exact) mass is 365 g/mol. The van der Waals surface area contributed by atoms with E-state index in [1.807, 2.05) is 24.3 Å². The molecule has 1 saturated heterocycles. The number of likely N-dealkylation sites (N-methyl/N-ethyl adjacent to an activating group) is 1. The van der Waals surface area contributed by atoms with Crippen LogP contribution in [0.3, 0.4) is 0 Å². The van der Waals surface area contributed by atoms with Crippen LogP contribution in [0.25, 0.3) is 6.08 Å². The van der Waals surface area contributed by atoms with Crippen molar-refractivity contribution in [3.8, 4) is 11.5 Å². The minimum absolute atomic E-state index is 0.235. The molecule has 4 heteroatoms. The Morgan fingerprint density at radius 1 is 1.11 bits per heavy atom. The van der Waals surface area contributed by atoms with Gasteiger partial charge in [-0.1, -0.05) is 42.8 Å². The Hall–Kier alpha value is -2.59. The zero-order valence-electron chi connectivity index (χ0n) is 16.3. The van der Waals surface area contributed by atoms with Gasteiger partial charge in [-0.15, -0.1) is 0 Å². The number of hydrogen-bond acceptors (Lipinski definition) is 4. The van der Waals surface area contributed by atoms with Crippen LogP contribution in [-0.4, -0.2) is 37.4 Å². The van der Waals surface area contributed by atoms with Gasteiger partial charge in [-0.2, -0.15) is 0 Å². The summed E-state index contributed by atoms with van der Waals surface area (Å²) in [7, 11) is 1.63. The van der Waals surface area contributed by atoms with E-state index >= 15 is 0 Å². The molecule has 0 N–H and O–H groups in total. The van der Waals surface area contributed by atoms with Crippen LogP contribution in [-0.2, 0) is 11.4 Å². The highest BCUT2D eigenvalue weighted by Crippen LogP contribution is 2.30. The molecule has 1 aliphatic heterocycles. The summed E-state index contributed by atoms with van der Waals surface area (Å²) >= 11 is 0. The highest BCUT2D eigenvalue weighted by molar-refractivity contribution is 6.00. The molecule has 3 rings (SSSR count). The molecule has 0 spiro atoms. The number of carbonyl (C=O) groups is 1. The average Bonchev–Trinajstić information content (AvgIpc) is 2.69. The van der Waals surface area contributed by atoms with Crippen molar-refractivity contribution in [2.75, 3.05) is 26.7 Å². The fourth-order valence-electron chi connectivity index (χ4n) is 3.16. The first kappa shape index (κ1) is 19.2. The van der Waals surface area contributed by atoms with Gasteiger partial charge in [0, 0.05) is 25.1 Å². The van der Waals surface area contributed by atoms with Gasteiger partial charge in [-0.3, -0.25) is 9.69 Å². The summed E-state index contributed by atoms with van der Waals surface area (Å²) in [6, 6.07) is 14.1. The SMILES string of the molecule is CCN1CCC(=O)/C(=C/c2ccc(OCc3ccc(C)cc3)c(OC)c2)C1. The smallest absolute Gasteiger partial charge is 0.161 e. The third-order valence-electron chi connectivity index (χ3n) is 4.90. The molecule has 2 aromatic rings. The van der Waals surface area contributed by atoms with E-state index in [1.165, 1.54) is 5.56 Å². The van der Waals surface area contributed by atoms with Crippen LogP contribution in [0, 0.1) is 6.92 Å². The summed E-state index contributed by atoms with van der Waals surface area (Å²) in [6.07, 6.45) is 2.56. The van der Waals surface area contributed by atoms with E-state index in [2.05, 4.69) is 43.0 Å². The van der Waals surface area contributed by atoms with Crippen LogP contribution >= 0.6 is 0 Å². The predicted molar refractivity (Wildman–Crippen MR) is 108 cm³/mol. The van der Waals surface area contributed by atoms with Crippen molar-refractivity contribution in [3.63, 3.8) is 0 Å². The quantitative estimate of drug-likeness (QED) is 0.717. The number of methoxy groups -OCH3 is 1. The lowest BCUT2D eigenvalue weighted by molar-refractivity contribution is -0.117. The molecule has 0 atom stereocenters. The van der Waals surface area contributed by atoms with Gasteiger partial charge in [-0.25, -0.2) is 0 Å². The number of likely N-dealkylation sites (tertiary alicyclic amines) is 1. The third-order valence-corrected chi connectivity index (χ3v) is 4.90. The molecule has 142 valence electrons. The van der Waals surface area contributed by atoms with Crippen LogP contribution in [0.5, 0.6) is 11.5 Å². The molecule has 1 heterocycles. The van der Waals surface area contributed by atoms with E-state index in [1.54, 1.807) is 7.11 Å². The van der Waals surface area contributed by atoms with E-state index in [-0.39, 0.29) is 5.78 Å². The molecule has 1 aliphatic rings. The van der Waals surface area contributed by atoms with Crippen molar-refractivity contribution in [2.45, 2.75) is 26.9 Å². The fraction of sp³-hybridized carbons (Fsp3) is 0.348. The molecular formula is C23H27NO3. The standard InChI is InChI=1S/C23H27NO3/c1-4-24-12-11-21(25)20(15-24)13-19-9-10-22(23(14-19)26-3)27-16-18-7-5-17(2)6-8-18/h5-10,13-14H,4,11-12,15-16H2,1-3H3/b20-13+. The lowest BCUT2D eigenvalue weighted by Crippen LogP contribution is -2.35. The maximum atomic E-state index is 12.2. The molecule has 0 aliphatic carbocycles. The van der Waals surface area contributed by atoms with Crippen LogP contribution in [0.15, 0.2) is 48.0 Å². The van der Waals surface area contributed by atoms with Gasteiger partial charge < -0.3 is 9.47 Å². The van der Waals surface area contributed by atoms with Crippen molar-refractivity contribution < 1.29 is 14.3 Å². The van der Waals surface area contributed by atoms with Crippen LogP contribution < -0.4 is 9.47 Å². The maximum absolute atomic E-state index is 12.2. The molecule has 0 radical (unpaired) electrons. The molecular weight excluding hydrogens is 338 g/mol. The first-order chi connectivity index (χ1) is 13.1. The molecule has 0 aromatic heterocycles. The van der Waals surface area contributed by atoms with Gasteiger partial charge in [-0.05, 0) is 42.8 Å². The van der Waals surface area contributed by atoms with E-state index in [9.17, 15) is 4.79 Å². The number of benzene rings is 2. The zero-order valence-corrected chi connectivity index (χ0v) is 16.3. The van der Waals surface area contributed by atoms with E-state index in [0.29, 0.717) is 31.1 Å². The van der Waals surface area contributed by atoms with Gasteiger partial charge in [0.2, 0.25) is 0 Å². The molecule has 4 nitrogen and oxygen atoms in total. The lowest BCUT2D eigenvalue weighted by atomic mass is 10.0. The first-order valence-electron chi connectivity index (χ1n) is 9.41. The Morgan fingerprint density at radius 3 is 2.59 bits per heavy atom. The number of ketones is 1. The number of aryl methyl sites for hydroxylation is 1. The summed E-state index contributed by atoms with van der Waals surface area (Å²) in [5.74, 6) is 1.61. The largest absolute Gasteiger partial charge is 0.493 e. The zero-order chi connectivity index (χ0) is 19.2. The van der Waals surface area contributed by atoms with Gasteiger partial charge >= 0.3 is 0 Å².